The zero-order valence-corrected chi connectivity index (χ0v) is 10.5. The Morgan fingerprint density at radius 3 is 2.94 bits per heavy atom. The number of hydrogen-bond donors (Lipinski definition) is 2. The molecule has 1 fully saturated rings. The summed E-state index contributed by atoms with van der Waals surface area (Å²) in [5.74, 6) is 1.07. The van der Waals surface area contributed by atoms with Gasteiger partial charge in [-0.1, -0.05) is 31.0 Å². The highest BCUT2D eigenvalue weighted by Gasteiger charge is 2.19. The lowest BCUT2D eigenvalue weighted by Crippen LogP contribution is -2.15. The van der Waals surface area contributed by atoms with E-state index >= 15 is 0 Å². The van der Waals surface area contributed by atoms with Gasteiger partial charge in [-0.3, -0.25) is 0 Å². The van der Waals surface area contributed by atoms with Crippen LogP contribution >= 0.6 is 0 Å². The summed E-state index contributed by atoms with van der Waals surface area (Å²) in [6, 6.07) is 6.89. The maximum atomic E-state index is 3.56. The van der Waals surface area contributed by atoms with Gasteiger partial charge in [-0.15, -0.1) is 0 Å². The summed E-state index contributed by atoms with van der Waals surface area (Å²) in [7, 11) is 0. The van der Waals surface area contributed by atoms with Crippen molar-refractivity contribution in [2.24, 2.45) is 5.92 Å². The topological polar surface area (TPSA) is 24.1 Å². The van der Waals surface area contributed by atoms with E-state index in [9.17, 15) is 0 Å². The molecule has 2 nitrogen and oxygen atoms in total. The molecule has 0 amide bonds. The Morgan fingerprint density at radius 1 is 1.18 bits per heavy atom. The van der Waals surface area contributed by atoms with Crippen molar-refractivity contribution in [2.45, 2.75) is 45.3 Å². The quantitative estimate of drug-likeness (QED) is 0.734. The zero-order chi connectivity index (χ0) is 11.5. The lowest BCUT2D eigenvalue weighted by molar-refractivity contribution is 0.594. The average molecular weight is 230 g/mol. The summed E-state index contributed by atoms with van der Waals surface area (Å²) in [6.45, 7) is 4.29. The fourth-order valence-corrected chi connectivity index (χ4v) is 2.61. The van der Waals surface area contributed by atoms with E-state index in [2.05, 4.69) is 28.8 Å². The van der Waals surface area contributed by atoms with E-state index in [0.717, 1.165) is 25.6 Å². The standard InChI is InChI=1S/C15H22N2/c1(2-12-3-4-12)7-16-9-13-5-6-14-10-17-11-15(14)8-13/h5-6,8,12,16-17H,1-4,7,9-11H2. The molecule has 0 bridgehead atoms. The van der Waals surface area contributed by atoms with E-state index in [4.69, 9.17) is 0 Å². The number of rotatable bonds is 6. The highest BCUT2D eigenvalue weighted by molar-refractivity contribution is 5.34. The first-order valence-electron chi connectivity index (χ1n) is 6.94. The molecule has 1 saturated carbocycles. The number of benzene rings is 1. The van der Waals surface area contributed by atoms with Crippen molar-refractivity contribution in [1.82, 2.24) is 10.6 Å². The van der Waals surface area contributed by atoms with Crippen LogP contribution in [0, 0.1) is 5.92 Å². The molecule has 0 unspecified atom stereocenters. The smallest absolute Gasteiger partial charge is 0.0212 e. The van der Waals surface area contributed by atoms with Crippen LogP contribution in [0.4, 0.5) is 0 Å². The summed E-state index contributed by atoms with van der Waals surface area (Å²) < 4.78 is 0. The lowest BCUT2D eigenvalue weighted by atomic mass is 10.1. The second-order valence-corrected chi connectivity index (χ2v) is 5.47. The third-order valence-electron chi connectivity index (χ3n) is 3.89. The van der Waals surface area contributed by atoms with Gasteiger partial charge in [-0.2, -0.15) is 0 Å². The Labute approximate surface area is 104 Å². The van der Waals surface area contributed by atoms with Crippen molar-refractivity contribution < 1.29 is 0 Å². The van der Waals surface area contributed by atoms with E-state index in [0.29, 0.717) is 0 Å². The Hall–Kier alpha value is -0.860. The molecule has 0 spiro atoms. The molecule has 1 aliphatic carbocycles. The van der Waals surface area contributed by atoms with Gasteiger partial charge in [0.1, 0.15) is 0 Å². The van der Waals surface area contributed by atoms with Crippen molar-refractivity contribution in [2.75, 3.05) is 6.54 Å². The highest BCUT2D eigenvalue weighted by atomic mass is 14.9. The largest absolute Gasteiger partial charge is 0.313 e. The van der Waals surface area contributed by atoms with Gasteiger partial charge in [0.25, 0.3) is 0 Å². The predicted molar refractivity (Wildman–Crippen MR) is 70.7 cm³/mol. The minimum Gasteiger partial charge on any atom is -0.313 e. The zero-order valence-electron chi connectivity index (χ0n) is 10.5. The summed E-state index contributed by atoms with van der Waals surface area (Å²) >= 11 is 0. The maximum absolute atomic E-state index is 3.56. The average Bonchev–Trinajstić information content (AvgIpc) is 3.05. The van der Waals surface area contributed by atoms with Crippen molar-refractivity contribution in [3.8, 4) is 0 Å². The van der Waals surface area contributed by atoms with Crippen LogP contribution in [0.1, 0.15) is 42.4 Å². The van der Waals surface area contributed by atoms with Crippen LogP contribution in [0.5, 0.6) is 0 Å². The molecule has 17 heavy (non-hydrogen) atoms. The minimum atomic E-state index is 1.03. The Bertz CT molecular complexity index is 383. The summed E-state index contributed by atoms with van der Waals surface area (Å²) in [6.07, 6.45) is 5.74. The van der Waals surface area contributed by atoms with Crippen LogP contribution < -0.4 is 10.6 Å². The first kappa shape index (κ1) is 11.2. The van der Waals surface area contributed by atoms with E-state index in [1.54, 1.807) is 0 Å². The van der Waals surface area contributed by atoms with Gasteiger partial charge >= 0.3 is 0 Å². The summed E-state index contributed by atoms with van der Waals surface area (Å²) in [5, 5.41) is 6.95. The molecule has 0 atom stereocenters. The Kier molecular flexibility index (Phi) is 3.44. The third-order valence-corrected chi connectivity index (χ3v) is 3.89. The van der Waals surface area contributed by atoms with Crippen LogP contribution in [-0.4, -0.2) is 6.54 Å². The van der Waals surface area contributed by atoms with E-state index in [1.807, 2.05) is 0 Å². The van der Waals surface area contributed by atoms with Gasteiger partial charge < -0.3 is 10.6 Å². The molecule has 1 heterocycles. The molecule has 1 aromatic rings. The van der Waals surface area contributed by atoms with Crippen molar-refractivity contribution in [1.29, 1.82) is 0 Å². The van der Waals surface area contributed by atoms with Crippen LogP contribution in [0.15, 0.2) is 18.2 Å². The molecule has 1 aromatic carbocycles. The van der Waals surface area contributed by atoms with Crippen molar-refractivity contribution in [3.63, 3.8) is 0 Å². The van der Waals surface area contributed by atoms with Gasteiger partial charge in [-0.05, 0) is 42.0 Å². The molecule has 3 rings (SSSR count). The monoisotopic (exact) mass is 230 g/mol. The predicted octanol–water partition coefficient (Wildman–Crippen LogP) is 2.57. The van der Waals surface area contributed by atoms with Crippen molar-refractivity contribution >= 4 is 0 Å². The Morgan fingerprint density at radius 2 is 2.06 bits per heavy atom. The molecule has 0 radical (unpaired) electrons. The van der Waals surface area contributed by atoms with E-state index in [-0.39, 0.29) is 0 Å². The van der Waals surface area contributed by atoms with Crippen LogP contribution in [0.2, 0.25) is 0 Å². The molecule has 92 valence electrons. The lowest BCUT2D eigenvalue weighted by Gasteiger charge is -2.06. The minimum absolute atomic E-state index is 1.03. The second-order valence-electron chi connectivity index (χ2n) is 5.47. The molecule has 0 saturated heterocycles. The first-order valence-corrected chi connectivity index (χ1v) is 6.94. The molecule has 1 aliphatic heterocycles. The molecule has 2 aliphatic rings. The van der Waals surface area contributed by atoms with Gasteiger partial charge in [0.2, 0.25) is 0 Å². The number of fused-ring (bicyclic) bond motifs is 1. The molecule has 0 aromatic heterocycles. The molecular weight excluding hydrogens is 208 g/mol. The first-order chi connectivity index (χ1) is 8.42. The van der Waals surface area contributed by atoms with Gasteiger partial charge in [-0.25, -0.2) is 0 Å². The summed E-state index contributed by atoms with van der Waals surface area (Å²) in [5.41, 5.74) is 4.39. The Balaban J connectivity index is 1.41. The van der Waals surface area contributed by atoms with Crippen molar-refractivity contribution in [3.05, 3.63) is 34.9 Å². The van der Waals surface area contributed by atoms with Gasteiger partial charge in [0, 0.05) is 19.6 Å². The SMILES string of the molecule is c1cc2c(cc1CNCCCC1CC1)CNC2. The van der Waals surface area contributed by atoms with E-state index in [1.165, 1.54) is 48.9 Å². The number of hydrogen-bond acceptors (Lipinski definition) is 2. The molecule has 2 heteroatoms. The van der Waals surface area contributed by atoms with Gasteiger partial charge in [0.05, 0.1) is 0 Å². The second kappa shape index (κ2) is 5.19. The van der Waals surface area contributed by atoms with Crippen LogP contribution in [0.3, 0.4) is 0 Å². The fraction of sp³-hybridized carbons (Fsp3) is 0.600. The molecular formula is C15H22N2. The normalized spacial score (nSPS) is 18.4. The van der Waals surface area contributed by atoms with Gasteiger partial charge in [0.15, 0.2) is 0 Å². The fourth-order valence-electron chi connectivity index (χ4n) is 2.61. The van der Waals surface area contributed by atoms with Crippen LogP contribution in [-0.2, 0) is 19.6 Å². The number of nitrogens with one attached hydrogen (secondary N) is 2. The third kappa shape index (κ3) is 3.08. The maximum Gasteiger partial charge on any atom is 0.0212 e. The van der Waals surface area contributed by atoms with E-state index < -0.39 is 0 Å². The molecule has 2 N–H and O–H groups in total. The van der Waals surface area contributed by atoms with Crippen LogP contribution in [0.25, 0.3) is 0 Å². The highest BCUT2D eigenvalue weighted by Crippen LogP contribution is 2.33. The summed E-state index contributed by atoms with van der Waals surface area (Å²) in [4.78, 5) is 0.